The number of fused-ring (bicyclic) bond motifs is 3. The summed E-state index contributed by atoms with van der Waals surface area (Å²) in [5.41, 5.74) is 7.66. The summed E-state index contributed by atoms with van der Waals surface area (Å²) < 4.78 is 11.2. The van der Waals surface area contributed by atoms with Crippen molar-refractivity contribution >= 4 is 46.3 Å². The van der Waals surface area contributed by atoms with Crippen LogP contribution in [0.3, 0.4) is 0 Å². The quantitative estimate of drug-likeness (QED) is 0.222. The molecule has 1 atom stereocenters. The summed E-state index contributed by atoms with van der Waals surface area (Å²) in [5, 5.41) is 25.1. The van der Waals surface area contributed by atoms with Crippen molar-refractivity contribution in [2.75, 3.05) is 24.3 Å². The van der Waals surface area contributed by atoms with E-state index in [0.717, 1.165) is 0 Å². The highest BCUT2D eigenvalue weighted by Crippen LogP contribution is 2.15. The van der Waals surface area contributed by atoms with Gasteiger partial charge in [-0.05, 0) is 55.0 Å². The Morgan fingerprint density at radius 3 is 2.53 bits per heavy atom. The third-order valence-corrected chi connectivity index (χ3v) is 5.25. The second-order valence-electron chi connectivity index (χ2n) is 7.84. The van der Waals surface area contributed by atoms with Gasteiger partial charge in [-0.2, -0.15) is 9.50 Å². The van der Waals surface area contributed by atoms with E-state index >= 15 is 0 Å². The van der Waals surface area contributed by atoms with E-state index in [9.17, 15) is 14.4 Å². The maximum Gasteiger partial charge on any atom is 0.328 e. The average Bonchev–Trinajstić information content (AvgIpc) is 3.42. The normalized spacial score (nSPS) is 11.7. The molecule has 0 aliphatic heterocycles. The van der Waals surface area contributed by atoms with Crippen LogP contribution in [0.2, 0.25) is 0 Å². The molecule has 38 heavy (non-hydrogen) atoms. The van der Waals surface area contributed by atoms with Crippen LogP contribution in [0.15, 0.2) is 24.3 Å². The summed E-state index contributed by atoms with van der Waals surface area (Å²) in [6.07, 6.45) is 0.0247. The molecular weight excluding hydrogens is 498 g/mol. The molecule has 4 N–H and O–H groups in total. The third-order valence-electron chi connectivity index (χ3n) is 5.25. The van der Waals surface area contributed by atoms with Gasteiger partial charge in [-0.3, -0.25) is 9.59 Å². The van der Waals surface area contributed by atoms with E-state index in [1.54, 1.807) is 38.1 Å². The number of rotatable bonds is 11. The molecule has 1 aromatic carbocycles. The summed E-state index contributed by atoms with van der Waals surface area (Å²) in [5.74, 6) is -1.14. The molecular formula is C22H25N11O5. The standard InChI is InChI=1S/C22H25N11O5/c1-3-37-16(34)10-9-14(21(36)38-4-2)25-20(35)12-5-7-13(8-6-12)24-11-15-26-17-18(29-28-15)27-22(23)33-19(17)30-31-32-33/h5-8,14,24H,3-4,9-11H2,1-2H3,(H,25,35)(H2,23,27,29)/t14-/m0/s1. The second-order valence-corrected chi connectivity index (χ2v) is 7.84. The van der Waals surface area contributed by atoms with Crippen LogP contribution < -0.4 is 16.4 Å². The number of hydrogen-bond acceptors (Lipinski definition) is 14. The van der Waals surface area contributed by atoms with Crippen LogP contribution in [0.5, 0.6) is 0 Å². The van der Waals surface area contributed by atoms with Gasteiger partial charge >= 0.3 is 11.9 Å². The maximum absolute atomic E-state index is 12.7. The van der Waals surface area contributed by atoms with Gasteiger partial charge in [-0.25, -0.2) is 9.78 Å². The Labute approximate surface area is 215 Å². The number of nitrogens with two attached hydrogens (primary N) is 1. The van der Waals surface area contributed by atoms with E-state index < -0.39 is 23.9 Å². The van der Waals surface area contributed by atoms with Crippen molar-refractivity contribution in [1.29, 1.82) is 0 Å². The minimum atomic E-state index is -0.987. The van der Waals surface area contributed by atoms with E-state index in [4.69, 9.17) is 15.2 Å². The molecule has 16 heteroatoms. The summed E-state index contributed by atoms with van der Waals surface area (Å²) in [4.78, 5) is 45.2. The first-order chi connectivity index (χ1) is 18.4. The lowest BCUT2D eigenvalue weighted by atomic mass is 10.1. The predicted molar refractivity (Wildman–Crippen MR) is 131 cm³/mol. The van der Waals surface area contributed by atoms with Crippen LogP contribution in [0.1, 0.15) is 42.9 Å². The van der Waals surface area contributed by atoms with Crippen molar-refractivity contribution in [3.8, 4) is 0 Å². The van der Waals surface area contributed by atoms with Crippen LogP contribution in [-0.4, -0.2) is 77.3 Å². The smallest absolute Gasteiger partial charge is 0.328 e. The Kier molecular flexibility index (Phi) is 8.10. The first-order valence-corrected chi connectivity index (χ1v) is 11.7. The number of nitrogens with zero attached hydrogens (tertiary/aromatic N) is 8. The average molecular weight is 524 g/mol. The fourth-order valence-corrected chi connectivity index (χ4v) is 3.45. The molecule has 0 fully saturated rings. The SMILES string of the molecule is CCOC(=O)CC[C@H](NC(=O)c1ccc(NCc2nnc3nc(N)n4nnnc4c3n2)cc1)C(=O)OCC. The van der Waals surface area contributed by atoms with Gasteiger partial charge in [0.05, 0.1) is 19.8 Å². The van der Waals surface area contributed by atoms with Crippen molar-refractivity contribution in [3.63, 3.8) is 0 Å². The van der Waals surface area contributed by atoms with Crippen molar-refractivity contribution in [1.82, 2.24) is 45.5 Å². The monoisotopic (exact) mass is 523 g/mol. The van der Waals surface area contributed by atoms with Crippen LogP contribution in [0.25, 0.3) is 16.8 Å². The molecule has 0 saturated carbocycles. The molecule has 0 unspecified atom stereocenters. The first kappa shape index (κ1) is 26.1. The molecule has 0 aliphatic carbocycles. The van der Waals surface area contributed by atoms with Crippen LogP contribution in [0, 0.1) is 0 Å². The van der Waals surface area contributed by atoms with Crippen molar-refractivity contribution in [2.24, 2.45) is 0 Å². The number of hydrogen-bond donors (Lipinski definition) is 3. The number of tetrazole rings is 1. The van der Waals surface area contributed by atoms with E-state index in [0.29, 0.717) is 28.2 Å². The molecule has 4 aromatic rings. The van der Waals surface area contributed by atoms with Gasteiger partial charge < -0.3 is 25.8 Å². The first-order valence-electron chi connectivity index (χ1n) is 11.7. The second kappa shape index (κ2) is 11.8. The summed E-state index contributed by atoms with van der Waals surface area (Å²) in [6.45, 7) is 3.94. The summed E-state index contributed by atoms with van der Waals surface area (Å²) in [6, 6.07) is 5.55. The molecule has 198 valence electrons. The van der Waals surface area contributed by atoms with Gasteiger partial charge in [0.1, 0.15) is 6.04 Å². The largest absolute Gasteiger partial charge is 0.466 e. The Balaban J connectivity index is 1.39. The highest BCUT2D eigenvalue weighted by Gasteiger charge is 2.24. The third kappa shape index (κ3) is 6.03. The lowest BCUT2D eigenvalue weighted by Gasteiger charge is -2.17. The molecule has 0 aliphatic rings. The zero-order chi connectivity index (χ0) is 27.1. The lowest BCUT2D eigenvalue weighted by Crippen LogP contribution is -2.42. The van der Waals surface area contributed by atoms with Gasteiger partial charge in [0.15, 0.2) is 11.3 Å². The molecule has 1 amide bonds. The van der Waals surface area contributed by atoms with Gasteiger partial charge in [0, 0.05) is 17.7 Å². The molecule has 0 spiro atoms. The molecule has 0 saturated heterocycles. The fourth-order valence-electron chi connectivity index (χ4n) is 3.45. The topological polar surface area (TPSA) is 214 Å². The van der Waals surface area contributed by atoms with Gasteiger partial charge in [0.2, 0.25) is 17.2 Å². The van der Waals surface area contributed by atoms with E-state index in [1.807, 2.05) is 0 Å². The number of nitrogens with one attached hydrogen (secondary N) is 2. The molecule has 16 nitrogen and oxygen atoms in total. The van der Waals surface area contributed by atoms with Crippen molar-refractivity contribution in [3.05, 3.63) is 35.7 Å². The summed E-state index contributed by atoms with van der Waals surface area (Å²) in [7, 11) is 0. The zero-order valence-electron chi connectivity index (χ0n) is 20.6. The lowest BCUT2D eigenvalue weighted by molar-refractivity contribution is -0.146. The van der Waals surface area contributed by atoms with Crippen molar-refractivity contribution < 1.29 is 23.9 Å². The Hall–Kier alpha value is -5.02. The number of benzene rings is 1. The Morgan fingerprint density at radius 1 is 1.03 bits per heavy atom. The zero-order valence-corrected chi connectivity index (χ0v) is 20.6. The van der Waals surface area contributed by atoms with Gasteiger partial charge in [0.25, 0.3) is 5.91 Å². The number of amides is 1. The highest BCUT2D eigenvalue weighted by atomic mass is 16.5. The number of carbonyl (C=O) groups excluding carboxylic acids is 3. The molecule has 0 radical (unpaired) electrons. The number of anilines is 2. The molecule has 4 rings (SSSR count). The number of ether oxygens (including phenoxy) is 2. The Morgan fingerprint density at radius 2 is 1.79 bits per heavy atom. The molecule has 3 aromatic heterocycles. The van der Waals surface area contributed by atoms with Crippen LogP contribution >= 0.6 is 0 Å². The number of carbonyl (C=O) groups is 3. The predicted octanol–water partition coefficient (Wildman–Crippen LogP) is 0.0566. The van der Waals surface area contributed by atoms with Gasteiger partial charge in [-0.15, -0.1) is 15.3 Å². The van der Waals surface area contributed by atoms with E-state index in [1.165, 1.54) is 4.52 Å². The highest BCUT2D eigenvalue weighted by molar-refractivity contribution is 5.97. The number of aromatic nitrogens is 8. The van der Waals surface area contributed by atoms with Crippen molar-refractivity contribution in [2.45, 2.75) is 39.3 Å². The fraction of sp³-hybridized carbons (Fsp3) is 0.364. The van der Waals surface area contributed by atoms with Crippen LogP contribution in [0.4, 0.5) is 11.6 Å². The van der Waals surface area contributed by atoms with Gasteiger partial charge in [-0.1, -0.05) is 0 Å². The number of esters is 2. The molecule has 0 bridgehead atoms. The van der Waals surface area contributed by atoms with Crippen LogP contribution in [-0.2, 0) is 25.6 Å². The molecule has 3 heterocycles. The van der Waals surface area contributed by atoms with E-state index in [2.05, 4.69) is 46.3 Å². The summed E-state index contributed by atoms with van der Waals surface area (Å²) >= 11 is 0. The minimum Gasteiger partial charge on any atom is -0.466 e. The Bertz CT molecular complexity index is 1460. The number of nitrogen functional groups attached to an aromatic ring is 1. The van der Waals surface area contributed by atoms with E-state index in [-0.39, 0.29) is 44.2 Å². The minimum absolute atomic E-state index is 0.0330. The maximum atomic E-state index is 12.7.